The zero-order valence-corrected chi connectivity index (χ0v) is 14.2. The fourth-order valence-corrected chi connectivity index (χ4v) is 2.80. The van der Waals surface area contributed by atoms with Crippen LogP contribution in [0.15, 0.2) is 68.2 Å². The lowest BCUT2D eigenvalue weighted by molar-refractivity contribution is -0.116. The molecule has 6 nitrogen and oxygen atoms in total. The summed E-state index contributed by atoms with van der Waals surface area (Å²) in [4.78, 5) is 39.1. The van der Waals surface area contributed by atoms with E-state index in [-0.39, 0.29) is 22.8 Å². The van der Waals surface area contributed by atoms with E-state index in [0.29, 0.717) is 11.4 Å². The number of aliphatic imine (C=N–C) groups is 1. The number of carbonyl (C=O) groups excluding carboxylic acids is 2. The molecule has 2 aliphatic rings. The minimum absolute atomic E-state index is 0.0403. The minimum atomic E-state index is -0.529. The quantitative estimate of drug-likeness (QED) is 0.851. The number of nitrogens with one attached hydrogen (secondary N) is 1. The molecule has 0 saturated carbocycles. The average Bonchev–Trinajstić information content (AvgIpc) is 2.53. The SMILES string of the molecule is CC(C)(C)C1=CC(=O)NC2=CC(=NC(=O)c3ccc(=O)oc3)C=CC21. The number of hydrogen-bond donors (Lipinski definition) is 1. The molecule has 1 N–H and O–H groups in total. The number of allylic oxidation sites excluding steroid dienone is 3. The summed E-state index contributed by atoms with van der Waals surface area (Å²) < 4.78 is 4.68. The van der Waals surface area contributed by atoms with Crippen molar-refractivity contribution in [3.8, 4) is 0 Å². The number of nitrogens with zero attached hydrogens (tertiary/aromatic N) is 1. The van der Waals surface area contributed by atoms with E-state index >= 15 is 0 Å². The van der Waals surface area contributed by atoms with Gasteiger partial charge in [0.05, 0.1) is 11.3 Å². The van der Waals surface area contributed by atoms with Crippen molar-refractivity contribution in [1.29, 1.82) is 0 Å². The van der Waals surface area contributed by atoms with Crippen LogP contribution in [0.3, 0.4) is 0 Å². The maximum Gasteiger partial charge on any atom is 0.335 e. The molecule has 2 heterocycles. The predicted octanol–water partition coefficient (Wildman–Crippen LogP) is 2.39. The van der Waals surface area contributed by atoms with E-state index in [0.717, 1.165) is 11.8 Å². The number of hydrogen-bond acceptors (Lipinski definition) is 4. The normalized spacial score (nSPS) is 21.3. The largest absolute Gasteiger partial charge is 0.430 e. The Kier molecular flexibility index (Phi) is 4.12. The van der Waals surface area contributed by atoms with E-state index in [1.54, 1.807) is 18.2 Å². The average molecular weight is 338 g/mol. The third-order valence-corrected chi connectivity index (χ3v) is 4.03. The van der Waals surface area contributed by atoms with Crippen molar-refractivity contribution in [3.05, 3.63) is 70.0 Å². The van der Waals surface area contributed by atoms with Gasteiger partial charge in [0.15, 0.2) is 0 Å². The Bertz CT molecular complexity index is 903. The first-order chi connectivity index (χ1) is 11.7. The molecule has 128 valence electrons. The van der Waals surface area contributed by atoms with Gasteiger partial charge in [-0.3, -0.25) is 9.59 Å². The Balaban J connectivity index is 1.90. The topological polar surface area (TPSA) is 88.7 Å². The zero-order valence-electron chi connectivity index (χ0n) is 14.2. The Labute approximate surface area is 144 Å². The Hall–Kier alpha value is -3.02. The van der Waals surface area contributed by atoms with Crippen LogP contribution in [0, 0.1) is 11.3 Å². The van der Waals surface area contributed by atoms with E-state index in [4.69, 9.17) is 0 Å². The number of amides is 2. The molecule has 1 atom stereocenters. The van der Waals surface area contributed by atoms with E-state index < -0.39 is 11.5 Å². The first-order valence-electron chi connectivity index (χ1n) is 7.89. The van der Waals surface area contributed by atoms with E-state index in [2.05, 4.69) is 35.5 Å². The molecule has 3 rings (SSSR count). The van der Waals surface area contributed by atoms with Crippen molar-refractivity contribution >= 4 is 17.5 Å². The van der Waals surface area contributed by atoms with E-state index in [9.17, 15) is 14.4 Å². The van der Waals surface area contributed by atoms with Crippen molar-refractivity contribution in [2.45, 2.75) is 20.8 Å². The third-order valence-electron chi connectivity index (χ3n) is 4.03. The summed E-state index contributed by atoms with van der Waals surface area (Å²) in [7, 11) is 0. The van der Waals surface area contributed by atoms with Crippen LogP contribution in [-0.2, 0) is 4.79 Å². The van der Waals surface area contributed by atoms with Crippen LogP contribution in [0.25, 0.3) is 0 Å². The lowest BCUT2D eigenvalue weighted by atomic mass is 9.74. The number of fused-ring (bicyclic) bond motifs is 1. The van der Waals surface area contributed by atoms with Crippen LogP contribution >= 0.6 is 0 Å². The van der Waals surface area contributed by atoms with E-state index in [1.807, 2.05) is 6.08 Å². The van der Waals surface area contributed by atoms with Crippen molar-refractivity contribution in [3.63, 3.8) is 0 Å². The highest BCUT2D eigenvalue weighted by molar-refractivity contribution is 6.14. The van der Waals surface area contributed by atoms with Crippen molar-refractivity contribution in [2.75, 3.05) is 0 Å². The van der Waals surface area contributed by atoms with Crippen LogP contribution in [0.5, 0.6) is 0 Å². The molecule has 1 aliphatic heterocycles. The summed E-state index contributed by atoms with van der Waals surface area (Å²) in [5.74, 6) is -0.743. The standard InChI is InChI=1S/C19H18N2O4/c1-19(2,3)14-9-16(22)21-15-8-12(5-6-13(14)15)20-18(24)11-4-7-17(23)25-10-11/h4-10,13H,1-3H3,(H,21,22). The molecule has 0 fully saturated rings. The molecule has 1 unspecified atom stereocenters. The van der Waals surface area contributed by atoms with Gasteiger partial charge in [-0.15, -0.1) is 0 Å². The molecule has 25 heavy (non-hydrogen) atoms. The molecule has 2 amide bonds. The molecular weight excluding hydrogens is 320 g/mol. The first-order valence-corrected chi connectivity index (χ1v) is 7.89. The van der Waals surface area contributed by atoms with Crippen LogP contribution in [0.2, 0.25) is 0 Å². The lowest BCUT2D eigenvalue weighted by Crippen LogP contribution is -2.36. The second-order valence-corrected chi connectivity index (χ2v) is 6.96. The van der Waals surface area contributed by atoms with Gasteiger partial charge < -0.3 is 9.73 Å². The van der Waals surface area contributed by atoms with Gasteiger partial charge in [0.25, 0.3) is 5.91 Å². The Morgan fingerprint density at radius 1 is 1.20 bits per heavy atom. The Morgan fingerprint density at radius 3 is 2.60 bits per heavy atom. The minimum Gasteiger partial charge on any atom is -0.430 e. The highest BCUT2D eigenvalue weighted by Crippen LogP contribution is 2.38. The van der Waals surface area contributed by atoms with Crippen LogP contribution in [0.4, 0.5) is 0 Å². The van der Waals surface area contributed by atoms with Crippen LogP contribution < -0.4 is 10.9 Å². The molecule has 0 spiro atoms. The zero-order chi connectivity index (χ0) is 18.2. The molecular formula is C19H18N2O4. The van der Waals surface area contributed by atoms with Gasteiger partial charge in [0.1, 0.15) is 6.26 Å². The Morgan fingerprint density at radius 2 is 1.96 bits per heavy atom. The van der Waals surface area contributed by atoms with Gasteiger partial charge in [0, 0.05) is 23.8 Å². The monoisotopic (exact) mass is 338 g/mol. The number of rotatable bonds is 1. The number of carbonyl (C=O) groups is 2. The van der Waals surface area contributed by atoms with Gasteiger partial charge in [-0.1, -0.05) is 26.8 Å². The maximum atomic E-state index is 12.2. The van der Waals surface area contributed by atoms with Crippen LogP contribution in [-0.4, -0.2) is 17.5 Å². The van der Waals surface area contributed by atoms with Gasteiger partial charge in [-0.25, -0.2) is 9.79 Å². The van der Waals surface area contributed by atoms with Crippen LogP contribution in [0.1, 0.15) is 31.1 Å². The second-order valence-electron chi connectivity index (χ2n) is 6.96. The molecule has 0 saturated heterocycles. The van der Waals surface area contributed by atoms with Gasteiger partial charge in [-0.05, 0) is 29.2 Å². The van der Waals surface area contributed by atoms with Gasteiger partial charge in [0.2, 0.25) is 5.91 Å². The first kappa shape index (κ1) is 16.8. The van der Waals surface area contributed by atoms with Gasteiger partial charge in [-0.2, -0.15) is 0 Å². The fraction of sp³-hybridized carbons (Fsp3) is 0.263. The summed E-state index contributed by atoms with van der Waals surface area (Å²) in [5, 5.41) is 2.81. The summed E-state index contributed by atoms with van der Waals surface area (Å²) >= 11 is 0. The lowest BCUT2D eigenvalue weighted by Gasteiger charge is -2.34. The molecule has 1 aliphatic carbocycles. The fourth-order valence-electron chi connectivity index (χ4n) is 2.80. The molecule has 0 radical (unpaired) electrons. The smallest absolute Gasteiger partial charge is 0.335 e. The maximum absolute atomic E-state index is 12.2. The molecule has 6 heteroatoms. The molecule has 0 aromatic carbocycles. The summed E-state index contributed by atoms with van der Waals surface area (Å²) in [6.45, 7) is 6.16. The highest BCUT2D eigenvalue weighted by atomic mass is 16.4. The van der Waals surface area contributed by atoms with E-state index in [1.165, 1.54) is 12.1 Å². The third kappa shape index (κ3) is 3.57. The molecule has 1 aromatic heterocycles. The summed E-state index contributed by atoms with van der Waals surface area (Å²) in [6, 6.07) is 2.53. The van der Waals surface area contributed by atoms with Gasteiger partial charge >= 0.3 is 5.63 Å². The summed E-state index contributed by atoms with van der Waals surface area (Å²) in [6.07, 6.45) is 8.08. The second kappa shape index (κ2) is 6.12. The van der Waals surface area contributed by atoms with Crippen molar-refractivity contribution in [1.82, 2.24) is 5.32 Å². The highest BCUT2D eigenvalue weighted by Gasteiger charge is 2.32. The van der Waals surface area contributed by atoms with Crippen molar-refractivity contribution in [2.24, 2.45) is 16.3 Å². The summed E-state index contributed by atoms with van der Waals surface area (Å²) in [5.41, 5.74) is 1.64. The van der Waals surface area contributed by atoms with Crippen molar-refractivity contribution < 1.29 is 14.0 Å². The molecule has 0 bridgehead atoms. The predicted molar refractivity (Wildman–Crippen MR) is 93.1 cm³/mol. The molecule has 1 aromatic rings.